The Morgan fingerprint density at radius 2 is 1.82 bits per heavy atom. The van der Waals surface area contributed by atoms with Gasteiger partial charge in [-0.2, -0.15) is 0 Å². The quantitative estimate of drug-likeness (QED) is 0.447. The fourth-order valence-electron chi connectivity index (χ4n) is 2.17. The molecule has 0 spiro atoms. The van der Waals surface area contributed by atoms with E-state index in [0.29, 0.717) is 5.57 Å². The smallest absolute Gasteiger partial charge is 0.150 e. The maximum absolute atomic E-state index is 10.9. The number of nitrogens with zero attached hydrogens (tertiary/aromatic N) is 1. The zero-order chi connectivity index (χ0) is 12.1. The average molecular weight is 227 g/mol. The first-order valence-corrected chi connectivity index (χ1v) is 5.98. The molecule has 0 atom stereocenters. The largest absolute Gasteiger partial charge is 0.372 e. The standard InChI is InChI=1S/C15H17NO/c1-2-5-14(12-17)13-6-8-15(9-7-13)16-10-3-4-11-16/h2,5-9,12H,1,3-4,10-11H2. The summed E-state index contributed by atoms with van der Waals surface area (Å²) in [7, 11) is 0. The second-order valence-corrected chi connectivity index (χ2v) is 4.22. The van der Waals surface area contributed by atoms with Crippen LogP contribution in [0.2, 0.25) is 0 Å². The van der Waals surface area contributed by atoms with E-state index in [2.05, 4.69) is 23.6 Å². The second kappa shape index (κ2) is 5.48. The molecule has 1 fully saturated rings. The lowest BCUT2D eigenvalue weighted by Gasteiger charge is -2.17. The maximum atomic E-state index is 10.9. The molecule has 2 nitrogen and oxygen atoms in total. The Balaban J connectivity index is 2.19. The molecule has 1 aromatic rings. The number of aldehydes is 1. The van der Waals surface area contributed by atoms with Gasteiger partial charge in [-0.1, -0.05) is 30.9 Å². The van der Waals surface area contributed by atoms with Gasteiger partial charge in [-0.15, -0.1) is 0 Å². The van der Waals surface area contributed by atoms with Gasteiger partial charge in [-0.25, -0.2) is 0 Å². The highest BCUT2D eigenvalue weighted by Gasteiger charge is 2.11. The van der Waals surface area contributed by atoms with E-state index >= 15 is 0 Å². The van der Waals surface area contributed by atoms with Crippen molar-refractivity contribution in [1.29, 1.82) is 0 Å². The molecule has 1 aromatic carbocycles. The predicted molar refractivity (Wildman–Crippen MR) is 72.1 cm³/mol. The predicted octanol–water partition coefficient (Wildman–Crippen LogP) is 3.06. The molecule has 0 radical (unpaired) electrons. The molecule has 1 heterocycles. The van der Waals surface area contributed by atoms with E-state index in [0.717, 1.165) is 24.9 Å². The summed E-state index contributed by atoms with van der Waals surface area (Å²) in [5.41, 5.74) is 2.87. The summed E-state index contributed by atoms with van der Waals surface area (Å²) in [6.07, 6.45) is 6.79. The van der Waals surface area contributed by atoms with Gasteiger partial charge in [0.1, 0.15) is 0 Å². The van der Waals surface area contributed by atoms with Gasteiger partial charge in [0.25, 0.3) is 0 Å². The van der Waals surface area contributed by atoms with Gasteiger partial charge in [0.2, 0.25) is 0 Å². The van der Waals surface area contributed by atoms with Crippen LogP contribution in [0.5, 0.6) is 0 Å². The molecule has 0 amide bonds. The lowest BCUT2D eigenvalue weighted by molar-refractivity contribution is -0.103. The van der Waals surface area contributed by atoms with Crippen LogP contribution in [0.1, 0.15) is 18.4 Å². The van der Waals surface area contributed by atoms with E-state index in [1.165, 1.54) is 18.5 Å². The van der Waals surface area contributed by atoms with Crippen LogP contribution in [0.15, 0.2) is 43.0 Å². The SMILES string of the molecule is C=CC=C(C=O)c1ccc(N2CCCC2)cc1. The third-order valence-corrected chi connectivity index (χ3v) is 3.10. The first-order valence-electron chi connectivity index (χ1n) is 5.98. The van der Waals surface area contributed by atoms with Crippen molar-refractivity contribution in [2.45, 2.75) is 12.8 Å². The molecule has 0 unspecified atom stereocenters. The number of rotatable bonds is 4. The highest BCUT2D eigenvalue weighted by Crippen LogP contribution is 2.22. The second-order valence-electron chi connectivity index (χ2n) is 4.22. The van der Waals surface area contributed by atoms with E-state index in [4.69, 9.17) is 0 Å². The van der Waals surface area contributed by atoms with Gasteiger partial charge in [0, 0.05) is 24.4 Å². The van der Waals surface area contributed by atoms with Gasteiger partial charge < -0.3 is 4.90 Å². The minimum absolute atomic E-state index is 0.674. The number of carbonyl (C=O) groups excluding carboxylic acids is 1. The lowest BCUT2D eigenvalue weighted by atomic mass is 10.1. The lowest BCUT2D eigenvalue weighted by Crippen LogP contribution is -2.17. The first kappa shape index (κ1) is 11.6. The van der Waals surface area contributed by atoms with Gasteiger partial charge in [0.05, 0.1) is 0 Å². The molecule has 1 saturated heterocycles. The van der Waals surface area contributed by atoms with Gasteiger partial charge >= 0.3 is 0 Å². The molecular weight excluding hydrogens is 210 g/mol. The summed E-state index contributed by atoms with van der Waals surface area (Å²) >= 11 is 0. The van der Waals surface area contributed by atoms with Crippen LogP contribution in [0, 0.1) is 0 Å². The molecule has 0 bridgehead atoms. The van der Waals surface area contributed by atoms with Gasteiger partial charge in [-0.05, 0) is 30.5 Å². The number of anilines is 1. The molecular formula is C15H17NO. The van der Waals surface area contributed by atoms with E-state index in [9.17, 15) is 4.79 Å². The Hall–Kier alpha value is -1.83. The van der Waals surface area contributed by atoms with E-state index in [1.807, 2.05) is 12.1 Å². The summed E-state index contributed by atoms with van der Waals surface area (Å²) in [5, 5.41) is 0. The van der Waals surface area contributed by atoms with Crippen LogP contribution < -0.4 is 4.90 Å². The van der Waals surface area contributed by atoms with Crippen molar-refractivity contribution in [1.82, 2.24) is 0 Å². The van der Waals surface area contributed by atoms with E-state index in [1.54, 1.807) is 12.2 Å². The zero-order valence-electron chi connectivity index (χ0n) is 9.93. The van der Waals surface area contributed by atoms with Crippen LogP contribution >= 0.6 is 0 Å². The third-order valence-electron chi connectivity index (χ3n) is 3.10. The average Bonchev–Trinajstić information content (AvgIpc) is 2.90. The van der Waals surface area contributed by atoms with Gasteiger partial charge in [0.15, 0.2) is 6.29 Å². The highest BCUT2D eigenvalue weighted by molar-refractivity contribution is 6.07. The number of hydrogen-bond donors (Lipinski definition) is 0. The van der Waals surface area contributed by atoms with Crippen molar-refractivity contribution in [3.63, 3.8) is 0 Å². The zero-order valence-corrected chi connectivity index (χ0v) is 9.93. The Bertz CT molecular complexity index is 425. The van der Waals surface area contributed by atoms with E-state index in [-0.39, 0.29) is 0 Å². The fraction of sp³-hybridized carbons (Fsp3) is 0.267. The van der Waals surface area contributed by atoms with Crippen molar-refractivity contribution in [3.05, 3.63) is 48.6 Å². The Kier molecular flexibility index (Phi) is 3.76. The monoisotopic (exact) mass is 227 g/mol. The van der Waals surface area contributed by atoms with Crippen molar-refractivity contribution < 1.29 is 4.79 Å². The molecule has 0 N–H and O–H groups in total. The third kappa shape index (κ3) is 2.64. The van der Waals surface area contributed by atoms with Crippen LogP contribution in [-0.2, 0) is 4.79 Å². The van der Waals surface area contributed by atoms with Crippen LogP contribution in [0.4, 0.5) is 5.69 Å². The Morgan fingerprint density at radius 3 is 2.35 bits per heavy atom. The van der Waals surface area contributed by atoms with Crippen molar-refractivity contribution in [2.24, 2.45) is 0 Å². The van der Waals surface area contributed by atoms with Crippen molar-refractivity contribution in [2.75, 3.05) is 18.0 Å². The number of hydrogen-bond acceptors (Lipinski definition) is 2. The van der Waals surface area contributed by atoms with Gasteiger partial charge in [-0.3, -0.25) is 4.79 Å². The molecule has 0 aromatic heterocycles. The minimum Gasteiger partial charge on any atom is -0.372 e. The normalized spacial score (nSPS) is 16.0. The highest BCUT2D eigenvalue weighted by atomic mass is 16.1. The summed E-state index contributed by atoms with van der Waals surface area (Å²) in [6, 6.07) is 8.16. The number of allylic oxidation sites excluding steroid dienone is 3. The molecule has 1 aliphatic rings. The number of benzene rings is 1. The summed E-state index contributed by atoms with van der Waals surface area (Å²) in [4.78, 5) is 13.3. The summed E-state index contributed by atoms with van der Waals surface area (Å²) < 4.78 is 0. The summed E-state index contributed by atoms with van der Waals surface area (Å²) in [6.45, 7) is 5.89. The summed E-state index contributed by atoms with van der Waals surface area (Å²) in [5.74, 6) is 0. The van der Waals surface area contributed by atoms with E-state index < -0.39 is 0 Å². The van der Waals surface area contributed by atoms with Crippen molar-refractivity contribution >= 4 is 17.5 Å². The fourth-order valence-corrected chi connectivity index (χ4v) is 2.17. The van der Waals surface area contributed by atoms with Crippen molar-refractivity contribution in [3.8, 4) is 0 Å². The molecule has 1 aliphatic heterocycles. The minimum atomic E-state index is 0.674. The molecule has 17 heavy (non-hydrogen) atoms. The van der Waals surface area contributed by atoms with Crippen LogP contribution in [0.3, 0.4) is 0 Å². The van der Waals surface area contributed by atoms with Crippen LogP contribution in [0.25, 0.3) is 5.57 Å². The maximum Gasteiger partial charge on any atom is 0.150 e. The van der Waals surface area contributed by atoms with Crippen LogP contribution in [-0.4, -0.2) is 19.4 Å². The first-order chi connectivity index (χ1) is 8.35. The molecule has 2 rings (SSSR count). The molecule has 0 aliphatic carbocycles. The molecule has 0 saturated carbocycles. The molecule has 88 valence electrons. The Morgan fingerprint density at radius 1 is 1.18 bits per heavy atom. The Labute approximate surface area is 102 Å². The molecule has 2 heteroatoms. The number of carbonyl (C=O) groups is 1. The topological polar surface area (TPSA) is 20.3 Å².